The van der Waals surface area contributed by atoms with Gasteiger partial charge >= 0.3 is 6.09 Å². The van der Waals surface area contributed by atoms with Crippen molar-refractivity contribution in [1.82, 2.24) is 29.3 Å². The zero-order chi connectivity index (χ0) is 27.0. The molecule has 1 saturated carbocycles. The number of hydrogen-bond acceptors (Lipinski definition) is 7. The van der Waals surface area contributed by atoms with Crippen LogP contribution in [0.25, 0.3) is 16.6 Å². The van der Waals surface area contributed by atoms with Gasteiger partial charge in [0.05, 0.1) is 37.5 Å². The second-order valence-electron chi connectivity index (χ2n) is 10.6. The number of rotatable bonds is 5. The van der Waals surface area contributed by atoms with Crippen molar-refractivity contribution in [2.45, 2.75) is 64.1 Å². The van der Waals surface area contributed by atoms with Gasteiger partial charge in [0, 0.05) is 35.4 Å². The molecule has 0 spiro atoms. The number of fused-ring (bicyclic) bond motifs is 2. The lowest BCUT2D eigenvalue weighted by Gasteiger charge is -2.43. The second-order valence-corrected chi connectivity index (χ2v) is 10.6. The Morgan fingerprint density at radius 1 is 1.13 bits per heavy atom. The lowest BCUT2D eigenvalue weighted by molar-refractivity contribution is 0.0396. The zero-order valence-corrected chi connectivity index (χ0v) is 22.3. The van der Waals surface area contributed by atoms with E-state index in [1.165, 1.54) is 14.2 Å². The molecule has 1 N–H and O–H groups in total. The second kappa shape index (κ2) is 9.96. The topological polar surface area (TPSA) is 116 Å². The van der Waals surface area contributed by atoms with E-state index in [9.17, 15) is 9.59 Å². The number of ether oxygens (including phenoxy) is 2. The summed E-state index contributed by atoms with van der Waals surface area (Å²) >= 11 is 0. The van der Waals surface area contributed by atoms with E-state index < -0.39 is 0 Å². The first-order chi connectivity index (χ1) is 18.2. The summed E-state index contributed by atoms with van der Waals surface area (Å²) < 4.78 is 14.2. The van der Waals surface area contributed by atoms with Gasteiger partial charge in [-0.05, 0) is 64.7 Å². The van der Waals surface area contributed by atoms with Gasteiger partial charge in [-0.25, -0.2) is 9.78 Å². The highest BCUT2D eigenvalue weighted by atomic mass is 16.5. The zero-order valence-electron chi connectivity index (χ0n) is 22.3. The normalized spacial score (nSPS) is 17.9. The van der Waals surface area contributed by atoms with Crippen LogP contribution >= 0.6 is 0 Å². The quantitative estimate of drug-likeness (QED) is 0.407. The van der Waals surface area contributed by atoms with Gasteiger partial charge in [-0.15, -0.1) is 0 Å². The summed E-state index contributed by atoms with van der Waals surface area (Å²) in [6, 6.07) is 7.51. The van der Waals surface area contributed by atoms with Crippen molar-refractivity contribution >= 4 is 34.4 Å². The molecule has 1 fully saturated rings. The Bertz CT molecular complexity index is 1480. The first-order valence-electron chi connectivity index (χ1n) is 12.7. The van der Waals surface area contributed by atoms with Gasteiger partial charge < -0.3 is 19.7 Å². The average Bonchev–Trinajstić information content (AvgIpc) is 3.51. The maximum atomic E-state index is 13.2. The Morgan fingerprint density at radius 2 is 1.89 bits per heavy atom. The lowest BCUT2D eigenvalue weighted by Crippen LogP contribution is -2.52. The molecule has 0 atom stereocenters. The summed E-state index contributed by atoms with van der Waals surface area (Å²) in [6.07, 6.45) is 8.38. The minimum Gasteiger partial charge on any atom is -0.496 e. The monoisotopic (exact) mass is 519 g/mol. The van der Waals surface area contributed by atoms with Gasteiger partial charge in [0.1, 0.15) is 5.75 Å². The molecule has 2 amide bonds. The summed E-state index contributed by atoms with van der Waals surface area (Å²) in [7, 11) is 2.97. The summed E-state index contributed by atoms with van der Waals surface area (Å²) in [5.41, 5.74) is 1.46. The molecule has 5 rings (SSSR count). The number of amides is 2. The molecule has 4 aromatic rings. The molecule has 3 aromatic heterocycles. The molecular formula is C27H33N7O4. The highest BCUT2D eigenvalue weighted by molar-refractivity contribution is 6.08. The van der Waals surface area contributed by atoms with Crippen molar-refractivity contribution in [3.05, 3.63) is 48.4 Å². The van der Waals surface area contributed by atoms with Crippen LogP contribution in [0.4, 0.5) is 10.6 Å². The summed E-state index contributed by atoms with van der Waals surface area (Å²) in [6.45, 7) is 6.09. The van der Waals surface area contributed by atoms with Crippen LogP contribution < -0.4 is 10.1 Å². The van der Waals surface area contributed by atoms with Gasteiger partial charge in [-0.2, -0.15) is 14.7 Å². The molecule has 200 valence electrons. The van der Waals surface area contributed by atoms with E-state index in [1.807, 2.05) is 42.6 Å². The van der Waals surface area contributed by atoms with Gasteiger partial charge in [0.15, 0.2) is 11.5 Å². The maximum Gasteiger partial charge on any atom is 0.410 e. The van der Waals surface area contributed by atoms with Crippen molar-refractivity contribution in [3.63, 3.8) is 0 Å². The largest absolute Gasteiger partial charge is 0.496 e. The number of aromatic nitrogens is 5. The minimum absolute atomic E-state index is 0.119. The fourth-order valence-corrected chi connectivity index (χ4v) is 5.35. The number of benzene rings is 1. The molecule has 0 bridgehead atoms. The van der Waals surface area contributed by atoms with Crippen LogP contribution in [0.3, 0.4) is 0 Å². The molecule has 11 heteroatoms. The highest BCUT2D eigenvalue weighted by Crippen LogP contribution is 2.35. The van der Waals surface area contributed by atoms with Crippen molar-refractivity contribution in [3.8, 4) is 5.75 Å². The van der Waals surface area contributed by atoms with Crippen molar-refractivity contribution in [2.24, 2.45) is 0 Å². The number of nitrogens with zero attached hydrogens (tertiary/aromatic N) is 6. The van der Waals surface area contributed by atoms with Crippen molar-refractivity contribution in [2.75, 3.05) is 19.5 Å². The van der Waals surface area contributed by atoms with Crippen molar-refractivity contribution < 1.29 is 19.1 Å². The molecule has 0 aliphatic heterocycles. The Morgan fingerprint density at radius 3 is 2.58 bits per heavy atom. The van der Waals surface area contributed by atoms with Crippen LogP contribution in [0.5, 0.6) is 5.75 Å². The average molecular weight is 520 g/mol. The number of imidazole rings is 1. The van der Waals surface area contributed by atoms with E-state index >= 15 is 0 Å². The van der Waals surface area contributed by atoms with E-state index in [-0.39, 0.29) is 29.6 Å². The van der Waals surface area contributed by atoms with Gasteiger partial charge in [0.25, 0.3) is 5.91 Å². The first kappa shape index (κ1) is 25.5. The summed E-state index contributed by atoms with van der Waals surface area (Å²) in [5.74, 6) is 0.579. The predicted molar refractivity (Wildman–Crippen MR) is 143 cm³/mol. The summed E-state index contributed by atoms with van der Waals surface area (Å²) in [5, 5.41) is 12.8. The van der Waals surface area contributed by atoms with Crippen LogP contribution in [0, 0.1) is 0 Å². The number of methoxy groups -OCH3 is 2. The third kappa shape index (κ3) is 4.75. The van der Waals surface area contributed by atoms with Crippen LogP contribution in [0.2, 0.25) is 0 Å². The van der Waals surface area contributed by atoms with Crippen LogP contribution in [0.1, 0.15) is 62.9 Å². The Balaban J connectivity index is 1.35. The number of carbonyl (C=O) groups excluding carboxylic acids is 2. The molecule has 0 saturated heterocycles. The van der Waals surface area contributed by atoms with Gasteiger partial charge in [0.2, 0.25) is 0 Å². The summed E-state index contributed by atoms with van der Waals surface area (Å²) in [4.78, 5) is 31.8. The fourth-order valence-electron chi connectivity index (χ4n) is 5.35. The molecule has 3 heterocycles. The molecular weight excluding hydrogens is 486 g/mol. The Labute approximate surface area is 220 Å². The van der Waals surface area contributed by atoms with E-state index in [0.717, 1.165) is 36.6 Å². The Hall–Kier alpha value is -4.15. The smallest absolute Gasteiger partial charge is 0.410 e. The number of anilines is 1. The van der Waals surface area contributed by atoms with Crippen molar-refractivity contribution in [1.29, 1.82) is 0 Å². The fraction of sp³-hybridized carbons (Fsp3) is 0.444. The third-order valence-corrected chi connectivity index (χ3v) is 7.11. The lowest BCUT2D eigenvalue weighted by atomic mass is 9.88. The van der Waals surface area contributed by atoms with E-state index in [4.69, 9.17) is 14.6 Å². The number of carbonyl (C=O) groups is 2. The first-order valence-corrected chi connectivity index (χ1v) is 12.7. The highest BCUT2D eigenvalue weighted by Gasteiger charge is 2.36. The molecule has 38 heavy (non-hydrogen) atoms. The third-order valence-electron chi connectivity index (χ3n) is 7.11. The molecule has 1 aliphatic rings. The minimum atomic E-state index is -0.324. The standard InChI is InChI=1S/C27H33N7O4/c1-27(2,3)33(26(36)38-5)19-10-8-18(9-11-19)32-16-17-13-20(22(37-4)14-21(17)31-32)25(35)30-24-15-28-23-7-6-12-29-34(23)24/h6-7,12-16,18-19H,8-11H2,1-5H3,(H,30,35). The van der Waals surface area contributed by atoms with E-state index in [2.05, 4.69) is 15.4 Å². The Kier molecular flexibility index (Phi) is 6.68. The SMILES string of the molecule is COC(=O)N(C1CCC(n2cc3cc(C(=O)Nc4cnc5cccnn45)c(OC)cc3n2)CC1)C(C)(C)C. The van der Waals surface area contributed by atoms with Crippen LogP contribution in [-0.2, 0) is 4.74 Å². The number of hydrogen-bond donors (Lipinski definition) is 1. The predicted octanol–water partition coefficient (Wildman–Crippen LogP) is 4.69. The maximum absolute atomic E-state index is 13.2. The molecule has 0 radical (unpaired) electrons. The van der Waals surface area contributed by atoms with Crippen LogP contribution in [-0.4, -0.2) is 67.1 Å². The number of nitrogens with one attached hydrogen (secondary N) is 1. The van der Waals surface area contributed by atoms with Gasteiger partial charge in [-0.1, -0.05) is 0 Å². The van der Waals surface area contributed by atoms with E-state index in [0.29, 0.717) is 22.8 Å². The van der Waals surface area contributed by atoms with E-state index in [1.54, 1.807) is 35.1 Å². The molecule has 1 aliphatic carbocycles. The van der Waals surface area contributed by atoms with Gasteiger partial charge in [-0.3, -0.25) is 9.48 Å². The van der Waals surface area contributed by atoms with Crippen LogP contribution in [0.15, 0.2) is 42.9 Å². The molecule has 1 aromatic carbocycles. The molecule has 0 unspecified atom stereocenters. The molecule has 11 nitrogen and oxygen atoms in total.